The Kier molecular flexibility index (Phi) is 4.29. The molecule has 0 aliphatic carbocycles. The van der Waals surface area contributed by atoms with Crippen LogP contribution in [-0.4, -0.2) is 10.9 Å². The largest absolute Gasteiger partial charge is 0.451 e. The van der Waals surface area contributed by atoms with E-state index in [1.54, 1.807) is 36.4 Å². The summed E-state index contributed by atoms with van der Waals surface area (Å²) in [5.41, 5.74) is 1.47. The van der Waals surface area contributed by atoms with Crippen molar-refractivity contribution in [3.8, 4) is 11.3 Å². The van der Waals surface area contributed by atoms with Crippen LogP contribution in [0.4, 0.5) is 9.52 Å². The van der Waals surface area contributed by atoms with Crippen molar-refractivity contribution in [2.75, 3.05) is 5.32 Å². The zero-order valence-electron chi connectivity index (χ0n) is 14.2. The first-order valence-electron chi connectivity index (χ1n) is 8.09. The van der Waals surface area contributed by atoms with Gasteiger partial charge in [-0.1, -0.05) is 12.1 Å². The average molecular weight is 380 g/mol. The number of nitrogens with zero attached hydrogens (tertiary/aromatic N) is 1. The van der Waals surface area contributed by atoms with Crippen molar-refractivity contribution in [2.24, 2.45) is 0 Å². The van der Waals surface area contributed by atoms with Crippen molar-refractivity contribution in [2.45, 2.75) is 6.92 Å². The van der Waals surface area contributed by atoms with Gasteiger partial charge in [0.15, 0.2) is 16.3 Å². The minimum absolute atomic E-state index is 0.0881. The van der Waals surface area contributed by atoms with E-state index in [4.69, 9.17) is 4.42 Å². The molecule has 2 aromatic carbocycles. The van der Waals surface area contributed by atoms with Crippen LogP contribution in [0, 0.1) is 12.7 Å². The maximum absolute atomic E-state index is 13.1. The number of rotatable bonds is 3. The Morgan fingerprint density at radius 1 is 1.15 bits per heavy atom. The number of hydrogen-bond donors (Lipinski definition) is 1. The molecule has 0 spiro atoms. The van der Waals surface area contributed by atoms with Crippen LogP contribution in [0.15, 0.2) is 63.8 Å². The monoisotopic (exact) mass is 380 g/mol. The van der Waals surface area contributed by atoms with Crippen LogP contribution >= 0.6 is 11.3 Å². The van der Waals surface area contributed by atoms with Gasteiger partial charge in [0.1, 0.15) is 11.4 Å². The molecule has 0 radical (unpaired) electrons. The van der Waals surface area contributed by atoms with Gasteiger partial charge in [-0.15, -0.1) is 11.3 Å². The summed E-state index contributed by atoms with van der Waals surface area (Å²) in [7, 11) is 0. The second-order valence-corrected chi connectivity index (χ2v) is 7.06. The Morgan fingerprint density at radius 3 is 2.67 bits per heavy atom. The zero-order valence-corrected chi connectivity index (χ0v) is 15.0. The van der Waals surface area contributed by atoms with Crippen LogP contribution < -0.4 is 10.7 Å². The molecule has 2 heterocycles. The molecular weight excluding hydrogens is 367 g/mol. The summed E-state index contributed by atoms with van der Waals surface area (Å²) in [5, 5.41) is 3.44. The Labute approximate surface area is 157 Å². The molecule has 4 rings (SSSR count). The molecule has 134 valence electrons. The Hall–Kier alpha value is -3.32. The molecule has 0 aliphatic heterocycles. The third-order valence-corrected chi connectivity index (χ3v) is 4.88. The van der Waals surface area contributed by atoms with Crippen molar-refractivity contribution in [1.82, 2.24) is 4.98 Å². The van der Waals surface area contributed by atoms with Crippen LogP contribution in [-0.2, 0) is 0 Å². The van der Waals surface area contributed by atoms with E-state index in [-0.39, 0.29) is 17.0 Å². The highest BCUT2D eigenvalue weighted by atomic mass is 32.1. The van der Waals surface area contributed by atoms with E-state index >= 15 is 0 Å². The fourth-order valence-electron chi connectivity index (χ4n) is 2.70. The number of carbonyl (C=O) groups is 1. The first-order chi connectivity index (χ1) is 13.0. The van der Waals surface area contributed by atoms with E-state index in [0.717, 1.165) is 10.4 Å². The van der Waals surface area contributed by atoms with Crippen molar-refractivity contribution in [1.29, 1.82) is 0 Å². The molecule has 4 aromatic rings. The lowest BCUT2D eigenvalue weighted by Gasteiger charge is -2.02. The lowest BCUT2D eigenvalue weighted by Crippen LogP contribution is -2.14. The maximum atomic E-state index is 13.1. The highest BCUT2D eigenvalue weighted by Gasteiger charge is 2.16. The van der Waals surface area contributed by atoms with Crippen molar-refractivity contribution in [3.05, 3.63) is 81.3 Å². The van der Waals surface area contributed by atoms with Gasteiger partial charge in [0, 0.05) is 16.5 Å². The zero-order chi connectivity index (χ0) is 19.0. The molecule has 1 amide bonds. The smallest absolute Gasteiger partial charge is 0.293 e. The van der Waals surface area contributed by atoms with Gasteiger partial charge in [-0.05, 0) is 43.3 Å². The number of benzene rings is 2. The minimum atomic E-state index is -0.558. The molecule has 0 unspecified atom stereocenters. The van der Waals surface area contributed by atoms with Crippen LogP contribution in [0.2, 0.25) is 0 Å². The fraction of sp³-hybridized carbons (Fsp3) is 0.0500. The third-order valence-electron chi connectivity index (χ3n) is 3.99. The minimum Gasteiger partial charge on any atom is -0.451 e. The van der Waals surface area contributed by atoms with Gasteiger partial charge < -0.3 is 4.42 Å². The van der Waals surface area contributed by atoms with E-state index in [1.807, 2.05) is 6.92 Å². The average Bonchev–Trinajstić information content (AvgIpc) is 3.02. The first-order valence-corrected chi connectivity index (χ1v) is 8.90. The molecule has 27 heavy (non-hydrogen) atoms. The van der Waals surface area contributed by atoms with Gasteiger partial charge >= 0.3 is 0 Å². The Bertz CT molecular complexity index is 1210. The van der Waals surface area contributed by atoms with Crippen LogP contribution in [0.5, 0.6) is 0 Å². The van der Waals surface area contributed by atoms with Crippen LogP contribution in [0.25, 0.3) is 22.2 Å². The van der Waals surface area contributed by atoms with E-state index in [2.05, 4.69) is 10.3 Å². The van der Waals surface area contributed by atoms with Crippen molar-refractivity contribution in [3.63, 3.8) is 0 Å². The first kappa shape index (κ1) is 17.1. The summed E-state index contributed by atoms with van der Waals surface area (Å²) < 4.78 is 18.6. The van der Waals surface area contributed by atoms with Crippen LogP contribution in [0.1, 0.15) is 15.4 Å². The van der Waals surface area contributed by atoms with Crippen molar-refractivity contribution < 1.29 is 13.6 Å². The number of aromatic nitrogens is 1. The molecule has 1 N–H and O–H groups in total. The second kappa shape index (κ2) is 6.77. The van der Waals surface area contributed by atoms with E-state index < -0.39 is 5.91 Å². The molecular formula is C20H13FN2O3S. The van der Waals surface area contributed by atoms with Gasteiger partial charge in [-0.3, -0.25) is 14.9 Å². The normalized spacial score (nSPS) is 10.9. The molecule has 0 saturated heterocycles. The number of nitrogens with one attached hydrogen (secondary N) is 1. The summed E-state index contributed by atoms with van der Waals surface area (Å²) in [6.45, 7) is 1.86. The van der Waals surface area contributed by atoms with Gasteiger partial charge in [-0.2, -0.15) is 0 Å². The summed E-state index contributed by atoms with van der Waals surface area (Å²) in [5.74, 6) is -0.973. The van der Waals surface area contributed by atoms with E-state index in [1.165, 1.54) is 29.5 Å². The number of fused-ring (bicyclic) bond motifs is 1. The standard InChI is InChI=1S/C20H13FN2O3S/c1-11-18(12-6-8-13(21)9-7-12)22-20(27-11)23-19(25)17-10-15(24)14-4-2-3-5-16(14)26-17/h2-10H,1H3,(H,22,23,25). The molecule has 5 nitrogen and oxygen atoms in total. The summed E-state index contributed by atoms with van der Waals surface area (Å²) in [6.07, 6.45) is 0. The number of anilines is 1. The van der Waals surface area contributed by atoms with E-state index in [9.17, 15) is 14.0 Å². The van der Waals surface area contributed by atoms with Gasteiger partial charge in [0.25, 0.3) is 5.91 Å². The van der Waals surface area contributed by atoms with Gasteiger partial charge in [-0.25, -0.2) is 9.37 Å². The predicted octanol–water partition coefficient (Wildman–Crippen LogP) is 4.62. The molecule has 0 aliphatic rings. The summed E-state index contributed by atoms with van der Waals surface area (Å²) >= 11 is 1.29. The number of para-hydroxylation sites is 1. The Morgan fingerprint density at radius 2 is 1.89 bits per heavy atom. The Balaban J connectivity index is 1.63. The number of thiazole rings is 1. The molecule has 0 atom stereocenters. The lowest BCUT2D eigenvalue weighted by molar-refractivity contribution is 0.0997. The molecule has 0 fully saturated rings. The van der Waals surface area contributed by atoms with Gasteiger partial charge in [0.05, 0.1) is 11.1 Å². The summed E-state index contributed by atoms with van der Waals surface area (Å²) in [6, 6.07) is 13.9. The van der Waals surface area contributed by atoms with Crippen LogP contribution in [0.3, 0.4) is 0 Å². The number of carbonyl (C=O) groups excluding carboxylic acids is 1. The molecule has 0 saturated carbocycles. The SMILES string of the molecule is Cc1sc(NC(=O)c2cc(=O)c3ccccc3o2)nc1-c1ccc(F)cc1. The number of halogens is 1. The number of amides is 1. The number of aryl methyl sites for hydroxylation is 1. The lowest BCUT2D eigenvalue weighted by atomic mass is 10.1. The fourth-order valence-corrected chi connectivity index (χ4v) is 3.53. The van der Waals surface area contributed by atoms with Gasteiger partial charge in [0.2, 0.25) is 0 Å². The highest BCUT2D eigenvalue weighted by molar-refractivity contribution is 7.16. The molecule has 2 aromatic heterocycles. The highest BCUT2D eigenvalue weighted by Crippen LogP contribution is 2.30. The maximum Gasteiger partial charge on any atom is 0.293 e. The summed E-state index contributed by atoms with van der Waals surface area (Å²) in [4.78, 5) is 29.9. The topological polar surface area (TPSA) is 72.2 Å². The second-order valence-electron chi connectivity index (χ2n) is 5.86. The predicted molar refractivity (Wildman–Crippen MR) is 103 cm³/mol. The quantitative estimate of drug-likeness (QED) is 0.563. The van der Waals surface area contributed by atoms with Crippen molar-refractivity contribution >= 4 is 33.3 Å². The molecule has 0 bridgehead atoms. The third kappa shape index (κ3) is 3.37. The molecule has 7 heteroatoms. The van der Waals surface area contributed by atoms with E-state index in [0.29, 0.717) is 21.8 Å². The number of hydrogen-bond acceptors (Lipinski definition) is 5.